The standard InChI is InChI=1S/C24H20B.C20H23N2S/c1-5-13-21(14-6-1)25(22-15-7-2-8-16-22,23-17-9-3-10-18-23)24-19-11-4-12-20-24;1-2-6-18(7-3-1)23-19-11-9-17(10-12-19)16-22-15-5-14-21-13-4-8-20(21)22/h1-20H;1-3,6-7,9-12H,4-5,8,13-16H2/q-1;+1. The van der Waals surface area contributed by atoms with Crippen LogP contribution in [-0.2, 0) is 6.54 Å². The molecule has 0 N–H and O–H groups in total. The minimum Gasteiger partial charge on any atom is -0.266 e. The van der Waals surface area contributed by atoms with E-state index in [1.165, 1.54) is 76.1 Å². The number of fused-ring (bicyclic) bond motifs is 1. The summed E-state index contributed by atoms with van der Waals surface area (Å²) in [7, 11) is 0. The summed E-state index contributed by atoms with van der Waals surface area (Å²) in [4.78, 5) is 5.20. The molecule has 6 aromatic carbocycles. The second-order valence-corrected chi connectivity index (χ2v) is 14.0. The van der Waals surface area contributed by atoms with Gasteiger partial charge in [-0.25, -0.2) is 0 Å². The smallest absolute Gasteiger partial charge is 0.247 e. The molecule has 0 aliphatic carbocycles. The molecule has 0 atom stereocenters. The van der Waals surface area contributed by atoms with Gasteiger partial charge in [-0.15, -0.1) is 0 Å². The van der Waals surface area contributed by atoms with Gasteiger partial charge in [-0.2, -0.15) is 21.9 Å². The van der Waals surface area contributed by atoms with E-state index < -0.39 is 6.15 Å². The number of hydrogen-bond donors (Lipinski definition) is 0. The number of benzene rings is 6. The van der Waals surface area contributed by atoms with Gasteiger partial charge in [0.05, 0.1) is 26.1 Å². The highest BCUT2D eigenvalue weighted by atomic mass is 32.2. The first-order valence-electron chi connectivity index (χ1n) is 17.4. The first-order chi connectivity index (χ1) is 23.8. The molecule has 0 radical (unpaired) electrons. The van der Waals surface area contributed by atoms with Crippen molar-refractivity contribution in [2.24, 2.45) is 0 Å². The van der Waals surface area contributed by atoms with Crippen LogP contribution < -0.4 is 21.9 Å². The van der Waals surface area contributed by atoms with Crippen molar-refractivity contribution < 1.29 is 4.58 Å². The van der Waals surface area contributed by atoms with Crippen LogP contribution in [0.1, 0.15) is 24.8 Å². The third-order valence-corrected chi connectivity index (χ3v) is 10.9. The number of hydrogen-bond acceptors (Lipinski definition) is 2. The molecule has 0 amide bonds. The maximum atomic E-state index is 2.59. The molecule has 4 heteroatoms. The van der Waals surface area contributed by atoms with E-state index in [0.29, 0.717) is 0 Å². The third kappa shape index (κ3) is 7.05. The summed E-state index contributed by atoms with van der Waals surface area (Å²) in [5.41, 5.74) is 6.78. The molecule has 0 spiro atoms. The molecule has 2 aliphatic rings. The molecule has 2 nitrogen and oxygen atoms in total. The maximum Gasteiger partial charge on any atom is 0.247 e. The Kier molecular flexibility index (Phi) is 10.2. The van der Waals surface area contributed by atoms with Gasteiger partial charge >= 0.3 is 0 Å². The minimum atomic E-state index is -1.22. The molecule has 0 bridgehead atoms. The Bertz CT molecular complexity index is 1730. The lowest BCUT2D eigenvalue weighted by Crippen LogP contribution is -2.74. The van der Waals surface area contributed by atoms with Gasteiger partial charge in [0, 0.05) is 16.2 Å². The predicted molar refractivity (Wildman–Crippen MR) is 206 cm³/mol. The maximum absolute atomic E-state index is 2.59. The van der Waals surface area contributed by atoms with Gasteiger partial charge in [0.15, 0.2) is 0 Å². The van der Waals surface area contributed by atoms with Crippen molar-refractivity contribution in [2.75, 3.05) is 19.6 Å². The van der Waals surface area contributed by atoms with Crippen molar-refractivity contribution in [2.45, 2.75) is 35.6 Å². The van der Waals surface area contributed by atoms with E-state index in [9.17, 15) is 0 Å². The Morgan fingerprint density at radius 1 is 0.479 bits per heavy atom. The number of amidine groups is 1. The van der Waals surface area contributed by atoms with E-state index >= 15 is 0 Å². The highest BCUT2D eigenvalue weighted by molar-refractivity contribution is 7.99. The average molecular weight is 643 g/mol. The predicted octanol–water partition coefficient (Wildman–Crippen LogP) is 7.31. The Morgan fingerprint density at radius 2 is 0.896 bits per heavy atom. The molecule has 0 unspecified atom stereocenters. The van der Waals surface area contributed by atoms with Crippen molar-refractivity contribution >= 4 is 45.6 Å². The van der Waals surface area contributed by atoms with Crippen LogP contribution in [0.25, 0.3) is 0 Å². The quantitative estimate of drug-likeness (QED) is 0.127. The van der Waals surface area contributed by atoms with Crippen LogP contribution in [0.15, 0.2) is 186 Å². The molecule has 8 rings (SSSR count). The average Bonchev–Trinajstić information content (AvgIpc) is 3.66. The van der Waals surface area contributed by atoms with Gasteiger partial charge in [-0.3, -0.25) is 9.48 Å². The number of rotatable bonds is 8. The zero-order valence-electron chi connectivity index (χ0n) is 27.6. The van der Waals surface area contributed by atoms with Gasteiger partial charge in [-0.1, -0.05) is 163 Å². The molecule has 2 heterocycles. The Hall–Kier alpha value is -4.80. The van der Waals surface area contributed by atoms with Gasteiger partial charge < -0.3 is 0 Å². The molecule has 2 aliphatic heterocycles. The third-order valence-electron chi connectivity index (χ3n) is 9.89. The van der Waals surface area contributed by atoms with E-state index in [1.807, 2.05) is 11.8 Å². The van der Waals surface area contributed by atoms with E-state index in [0.717, 1.165) is 6.54 Å². The summed E-state index contributed by atoms with van der Waals surface area (Å²) in [5, 5.41) is 0. The van der Waals surface area contributed by atoms with Crippen molar-refractivity contribution in [1.82, 2.24) is 4.90 Å². The molecular formula is C44H43BN2S. The molecule has 1 saturated heterocycles. The molecular weight excluding hydrogens is 599 g/mol. The van der Waals surface area contributed by atoms with Gasteiger partial charge in [0.2, 0.25) is 5.84 Å². The van der Waals surface area contributed by atoms with Crippen LogP contribution in [0.3, 0.4) is 0 Å². The van der Waals surface area contributed by atoms with E-state index in [-0.39, 0.29) is 0 Å². The molecule has 1 fully saturated rings. The van der Waals surface area contributed by atoms with Gasteiger partial charge in [-0.05, 0) is 36.2 Å². The number of nitrogens with zero attached hydrogens (tertiary/aromatic N) is 2. The van der Waals surface area contributed by atoms with E-state index in [4.69, 9.17) is 0 Å². The van der Waals surface area contributed by atoms with E-state index in [2.05, 4.69) is 185 Å². The summed E-state index contributed by atoms with van der Waals surface area (Å²) in [5.74, 6) is 1.58. The summed E-state index contributed by atoms with van der Waals surface area (Å²) < 4.78 is 2.59. The lowest BCUT2D eigenvalue weighted by Gasteiger charge is -2.44. The van der Waals surface area contributed by atoms with Gasteiger partial charge in [0.1, 0.15) is 12.7 Å². The monoisotopic (exact) mass is 642 g/mol. The molecule has 48 heavy (non-hydrogen) atoms. The second-order valence-electron chi connectivity index (χ2n) is 12.8. The fourth-order valence-electron chi connectivity index (χ4n) is 7.70. The second kappa shape index (κ2) is 15.4. The summed E-state index contributed by atoms with van der Waals surface area (Å²) >= 11 is 1.83. The highest BCUT2D eigenvalue weighted by Gasteiger charge is 2.32. The van der Waals surface area contributed by atoms with Crippen LogP contribution in [0, 0.1) is 0 Å². The summed E-state index contributed by atoms with van der Waals surface area (Å²) in [6.07, 6.45) is 2.68. The van der Waals surface area contributed by atoms with Crippen molar-refractivity contribution in [3.05, 3.63) is 181 Å². The normalized spacial score (nSPS) is 14.2. The van der Waals surface area contributed by atoms with Gasteiger partial charge in [0.25, 0.3) is 0 Å². The van der Waals surface area contributed by atoms with Crippen LogP contribution in [-0.4, -0.2) is 41.1 Å². The first kappa shape index (κ1) is 31.8. The van der Waals surface area contributed by atoms with Crippen LogP contribution in [0.4, 0.5) is 0 Å². The summed E-state index contributed by atoms with van der Waals surface area (Å²) in [6, 6.07) is 63.2. The Morgan fingerprint density at radius 3 is 1.38 bits per heavy atom. The zero-order valence-corrected chi connectivity index (χ0v) is 28.4. The summed E-state index contributed by atoms with van der Waals surface area (Å²) in [6.45, 7) is 4.80. The fraction of sp³-hybridized carbons (Fsp3) is 0.159. The topological polar surface area (TPSA) is 6.25 Å². The van der Waals surface area contributed by atoms with Crippen LogP contribution in [0.2, 0.25) is 0 Å². The zero-order chi connectivity index (χ0) is 32.4. The van der Waals surface area contributed by atoms with Crippen molar-refractivity contribution in [3.8, 4) is 0 Å². The molecule has 6 aromatic rings. The van der Waals surface area contributed by atoms with Crippen LogP contribution in [0.5, 0.6) is 0 Å². The molecule has 0 saturated carbocycles. The fourth-order valence-corrected chi connectivity index (χ4v) is 8.53. The van der Waals surface area contributed by atoms with Crippen LogP contribution >= 0.6 is 11.8 Å². The highest BCUT2D eigenvalue weighted by Crippen LogP contribution is 2.27. The first-order valence-corrected chi connectivity index (χ1v) is 18.2. The lowest BCUT2D eigenvalue weighted by atomic mass is 9.13. The molecule has 238 valence electrons. The minimum absolute atomic E-state index is 1.06. The lowest BCUT2D eigenvalue weighted by molar-refractivity contribution is -0.554. The largest absolute Gasteiger partial charge is 0.266 e. The Labute approximate surface area is 290 Å². The molecule has 0 aromatic heterocycles. The Balaban J connectivity index is 0.000000152. The SMILES string of the molecule is c1ccc(Sc2ccc(C[N+]3=C4CCCN4CCC3)cc2)cc1.c1ccc([B-](c2ccccc2)(c2ccccc2)c2ccccc2)cc1. The van der Waals surface area contributed by atoms with Crippen molar-refractivity contribution in [1.29, 1.82) is 0 Å². The van der Waals surface area contributed by atoms with Crippen molar-refractivity contribution in [3.63, 3.8) is 0 Å². The van der Waals surface area contributed by atoms with E-state index in [1.54, 1.807) is 5.84 Å².